The molecule has 0 saturated carbocycles. The molecule has 0 spiro atoms. The number of carbonyl (C=O) groups excluding carboxylic acids is 1. The van der Waals surface area contributed by atoms with E-state index in [-0.39, 0.29) is 29.5 Å². The number of ether oxygens (including phenoxy) is 2. The van der Waals surface area contributed by atoms with Crippen molar-refractivity contribution in [1.29, 1.82) is 0 Å². The number of anilines is 1. The van der Waals surface area contributed by atoms with Crippen molar-refractivity contribution in [3.05, 3.63) is 59.7 Å². The summed E-state index contributed by atoms with van der Waals surface area (Å²) in [7, 11) is 0.122. The molecule has 0 aliphatic carbocycles. The molecular formula is C22H30N2O5S. The minimum Gasteiger partial charge on any atom is -0.490 e. The fourth-order valence-corrected chi connectivity index (χ4v) is 3.72. The summed E-state index contributed by atoms with van der Waals surface area (Å²) in [4.78, 5) is 14.3. The summed E-state index contributed by atoms with van der Waals surface area (Å²) in [6, 6.07) is 13.5. The van der Waals surface area contributed by atoms with Gasteiger partial charge in [-0.25, -0.2) is 13.2 Å². The quantitative estimate of drug-likeness (QED) is 0.546. The van der Waals surface area contributed by atoms with Crippen LogP contribution in [0.3, 0.4) is 0 Å². The molecule has 0 radical (unpaired) electrons. The van der Waals surface area contributed by atoms with E-state index in [9.17, 15) is 13.2 Å². The lowest BCUT2D eigenvalue weighted by molar-refractivity contribution is 0.0459. The van der Waals surface area contributed by atoms with Crippen LogP contribution in [0, 0.1) is 5.92 Å². The first-order valence-corrected chi connectivity index (χ1v) is 11.4. The van der Waals surface area contributed by atoms with Crippen LogP contribution in [-0.4, -0.2) is 53.1 Å². The molecule has 0 saturated heterocycles. The van der Waals surface area contributed by atoms with Gasteiger partial charge in [0.15, 0.2) is 0 Å². The zero-order valence-electron chi connectivity index (χ0n) is 17.9. The molecule has 2 rings (SSSR count). The smallest absolute Gasteiger partial charge is 0.338 e. The molecule has 0 fully saturated rings. The summed E-state index contributed by atoms with van der Waals surface area (Å²) in [6.45, 7) is 5.21. The zero-order chi connectivity index (χ0) is 22.1. The molecular weight excluding hydrogens is 404 g/mol. The van der Waals surface area contributed by atoms with Crippen LogP contribution in [0.5, 0.6) is 5.75 Å². The SMILES string of the molecule is CC(C)COC(=O)c1ccc(OCCN(C)C)c(NS(=O)(=O)Cc2ccccc2)c1. The lowest BCUT2D eigenvalue weighted by atomic mass is 10.2. The number of hydrogen-bond acceptors (Lipinski definition) is 6. The zero-order valence-corrected chi connectivity index (χ0v) is 18.7. The Morgan fingerprint density at radius 3 is 2.43 bits per heavy atom. The highest BCUT2D eigenvalue weighted by molar-refractivity contribution is 7.91. The van der Waals surface area contributed by atoms with Gasteiger partial charge in [-0.3, -0.25) is 4.72 Å². The molecule has 0 unspecified atom stereocenters. The average molecular weight is 435 g/mol. The van der Waals surface area contributed by atoms with Crippen LogP contribution >= 0.6 is 0 Å². The summed E-state index contributed by atoms with van der Waals surface area (Å²) >= 11 is 0. The summed E-state index contributed by atoms with van der Waals surface area (Å²) in [5, 5.41) is 0. The van der Waals surface area contributed by atoms with Gasteiger partial charge in [0, 0.05) is 6.54 Å². The summed E-state index contributed by atoms with van der Waals surface area (Å²) < 4.78 is 39.0. The normalized spacial score (nSPS) is 11.5. The van der Waals surface area contributed by atoms with Crippen molar-refractivity contribution in [3.63, 3.8) is 0 Å². The molecule has 8 heteroatoms. The molecule has 0 aliphatic rings. The number of carbonyl (C=O) groups is 1. The van der Waals surface area contributed by atoms with Crippen molar-refractivity contribution < 1.29 is 22.7 Å². The standard InChI is InChI=1S/C22H30N2O5S/c1-17(2)15-29-22(25)19-10-11-21(28-13-12-24(3)4)20(14-19)23-30(26,27)16-18-8-6-5-7-9-18/h5-11,14,17,23H,12-13,15-16H2,1-4H3. The molecule has 0 aliphatic heterocycles. The predicted octanol–water partition coefficient (Wildman–Crippen LogP) is 3.38. The van der Waals surface area contributed by atoms with Crippen LogP contribution in [0.25, 0.3) is 0 Å². The van der Waals surface area contributed by atoms with E-state index in [0.29, 0.717) is 24.5 Å². The van der Waals surface area contributed by atoms with Gasteiger partial charge in [-0.2, -0.15) is 0 Å². The van der Waals surface area contributed by atoms with Gasteiger partial charge in [0.1, 0.15) is 12.4 Å². The van der Waals surface area contributed by atoms with Gasteiger partial charge in [0.05, 0.1) is 23.6 Å². The van der Waals surface area contributed by atoms with E-state index in [0.717, 1.165) is 0 Å². The lowest BCUT2D eigenvalue weighted by Gasteiger charge is -2.16. The maximum absolute atomic E-state index is 12.7. The van der Waals surface area contributed by atoms with Gasteiger partial charge in [-0.1, -0.05) is 44.2 Å². The number of sulfonamides is 1. The van der Waals surface area contributed by atoms with Gasteiger partial charge in [-0.15, -0.1) is 0 Å². The van der Waals surface area contributed by atoms with E-state index in [1.807, 2.05) is 38.9 Å². The first-order valence-electron chi connectivity index (χ1n) is 9.79. The van der Waals surface area contributed by atoms with E-state index in [4.69, 9.17) is 9.47 Å². The van der Waals surface area contributed by atoms with E-state index < -0.39 is 16.0 Å². The second-order valence-electron chi connectivity index (χ2n) is 7.70. The third kappa shape index (κ3) is 8.04. The highest BCUT2D eigenvalue weighted by Gasteiger charge is 2.18. The Hall–Kier alpha value is -2.58. The number of benzene rings is 2. The molecule has 0 amide bonds. The van der Waals surface area contributed by atoms with E-state index in [1.165, 1.54) is 6.07 Å². The molecule has 0 bridgehead atoms. The number of likely N-dealkylation sites (N-methyl/N-ethyl adjacent to an activating group) is 1. The second kappa shape index (κ2) is 11.0. The molecule has 2 aromatic carbocycles. The topological polar surface area (TPSA) is 84.9 Å². The van der Waals surface area contributed by atoms with Crippen LogP contribution in [0.4, 0.5) is 5.69 Å². The number of nitrogens with one attached hydrogen (secondary N) is 1. The van der Waals surface area contributed by atoms with Crippen molar-refractivity contribution in [2.75, 3.05) is 38.6 Å². The van der Waals surface area contributed by atoms with E-state index in [1.54, 1.807) is 36.4 Å². The maximum atomic E-state index is 12.7. The minimum atomic E-state index is -3.71. The Morgan fingerprint density at radius 2 is 1.80 bits per heavy atom. The Kier molecular flexibility index (Phi) is 8.68. The van der Waals surface area contributed by atoms with Gasteiger partial charge in [0.2, 0.25) is 10.0 Å². The van der Waals surface area contributed by atoms with Crippen molar-refractivity contribution in [1.82, 2.24) is 4.90 Å². The van der Waals surface area contributed by atoms with Crippen molar-refractivity contribution >= 4 is 21.7 Å². The lowest BCUT2D eigenvalue weighted by Crippen LogP contribution is -2.21. The molecule has 1 N–H and O–H groups in total. The largest absolute Gasteiger partial charge is 0.490 e. The highest BCUT2D eigenvalue weighted by Crippen LogP contribution is 2.28. The number of rotatable bonds is 11. The third-order valence-electron chi connectivity index (χ3n) is 4.02. The Morgan fingerprint density at radius 1 is 1.10 bits per heavy atom. The van der Waals surface area contributed by atoms with Crippen LogP contribution < -0.4 is 9.46 Å². The highest BCUT2D eigenvalue weighted by atomic mass is 32.2. The molecule has 30 heavy (non-hydrogen) atoms. The maximum Gasteiger partial charge on any atom is 0.338 e. The van der Waals surface area contributed by atoms with Crippen LogP contribution in [0.2, 0.25) is 0 Å². The minimum absolute atomic E-state index is 0.187. The number of hydrogen-bond donors (Lipinski definition) is 1. The van der Waals surface area contributed by atoms with E-state index in [2.05, 4.69) is 4.72 Å². The Balaban J connectivity index is 2.24. The number of nitrogens with zero attached hydrogens (tertiary/aromatic N) is 1. The van der Waals surface area contributed by atoms with Crippen LogP contribution in [0.1, 0.15) is 29.8 Å². The molecule has 164 valence electrons. The summed E-state index contributed by atoms with van der Waals surface area (Å²) in [5.74, 6) is -0.139. The molecule has 0 heterocycles. The average Bonchev–Trinajstić information content (AvgIpc) is 2.67. The first-order chi connectivity index (χ1) is 14.2. The van der Waals surface area contributed by atoms with Crippen LogP contribution in [0.15, 0.2) is 48.5 Å². The summed E-state index contributed by atoms with van der Waals surface area (Å²) in [6.07, 6.45) is 0. The van der Waals surface area contributed by atoms with Crippen molar-refractivity contribution in [3.8, 4) is 5.75 Å². The van der Waals surface area contributed by atoms with E-state index >= 15 is 0 Å². The van der Waals surface area contributed by atoms with Gasteiger partial charge in [-0.05, 0) is 43.8 Å². The summed E-state index contributed by atoms with van der Waals surface area (Å²) in [5.41, 5.74) is 1.13. The molecule has 0 atom stereocenters. The fourth-order valence-electron chi connectivity index (χ4n) is 2.52. The molecule has 0 aromatic heterocycles. The Bertz CT molecular complexity index is 928. The van der Waals surface area contributed by atoms with Crippen LogP contribution in [-0.2, 0) is 20.5 Å². The Labute approximate surface area is 179 Å². The predicted molar refractivity (Wildman–Crippen MR) is 118 cm³/mol. The number of esters is 1. The van der Waals surface area contributed by atoms with Gasteiger partial charge in [0.25, 0.3) is 0 Å². The third-order valence-corrected chi connectivity index (χ3v) is 5.27. The fraction of sp³-hybridized carbons (Fsp3) is 0.409. The first kappa shape index (κ1) is 23.7. The molecule has 7 nitrogen and oxygen atoms in total. The van der Waals surface area contributed by atoms with Gasteiger partial charge < -0.3 is 14.4 Å². The second-order valence-corrected chi connectivity index (χ2v) is 9.42. The van der Waals surface area contributed by atoms with Crippen molar-refractivity contribution in [2.24, 2.45) is 5.92 Å². The molecule has 2 aromatic rings. The monoisotopic (exact) mass is 434 g/mol. The van der Waals surface area contributed by atoms with Crippen molar-refractivity contribution in [2.45, 2.75) is 19.6 Å². The van der Waals surface area contributed by atoms with Gasteiger partial charge >= 0.3 is 5.97 Å².